The summed E-state index contributed by atoms with van der Waals surface area (Å²) in [6.07, 6.45) is 6.09. The number of H-pyrrole nitrogens is 1. The van der Waals surface area contributed by atoms with Crippen molar-refractivity contribution in [3.8, 4) is 0 Å². The van der Waals surface area contributed by atoms with Crippen LogP contribution < -0.4 is 5.56 Å². The summed E-state index contributed by atoms with van der Waals surface area (Å²) >= 11 is 0. The molecule has 1 atom stereocenters. The van der Waals surface area contributed by atoms with Gasteiger partial charge < -0.3 is 9.88 Å². The Morgan fingerprint density at radius 2 is 1.93 bits per heavy atom. The van der Waals surface area contributed by atoms with Gasteiger partial charge in [0.15, 0.2) is 0 Å². The third-order valence-corrected chi connectivity index (χ3v) is 6.11. The first kappa shape index (κ1) is 20.0. The molecule has 2 aliphatic rings. The Hall–Kier alpha value is -1.73. The van der Waals surface area contributed by atoms with E-state index in [1.807, 2.05) is 18.9 Å². The molecule has 27 heavy (non-hydrogen) atoms. The monoisotopic (exact) mass is 375 g/mol. The molecule has 2 fully saturated rings. The summed E-state index contributed by atoms with van der Waals surface area (Å²) in [5, 5.41) is 0. The highest BCUT2D eigenvalue weighted by Crippen LogP contribution is 2.22. The number of carbonyl (C=O) groups is 1. The lowest BCUT2D eigenvalue weighted by molar-refractivity contribution is -0.134. The molecule has 1 aliphatic heterocycles. The van der Waals surface area contributed by atoms with Gasteiger partial charge in [-0.05, 0) is 26.7 Å². The predicted molar refractivity (Wildman–Crippen MR) is 106 cm³/mol. The second kappa shape index (κ2) is 8.97. The van der Waals surface area contributed by atoms with Crippen LogP contribution in [-0.4, -0.2) is 76.4 Å². The molecule has 150 valence electrons. The van der Waals surface area contributed by atoms with Crippen molar-refractivity contribution in [3.05, 3.63) is 27.9 Å². The third-order valence-electron chi connectivity index (χ3n) is 6.11. The molecule has 7 heteroatoms. The molecule has 7 nitrogen and oxygen atoms in total. The number of nitrogens with one attached hydrogen (secondary N) is 1. The van der Waals surface area contributed by atoms with Gasteiger partial charge in [-0.25, -0.2) is 4.98 Å². The Bertz CT molecular complexity index is 690. The number of piperazine rings is 1. The molecule has 0 radical (unpaired) electrons. The number of aromatic amines is 1. The molecular formula is C20H33N5O2. The van der Waals surface area contributed by atoms with Gasteiger partial charge in [0, 0.05) is 51.0 Å². The summed E-state index contributed by atoms with van der Waals surface area (Å²) < 4.78 is 0. The summed E-state index contributed by atoms with van der Waals surface area (Å²) in [7, 11) is 1.97. The van der Waals surface area contributed by atoms with Gasteiger partial charge in [-0.3, -0.25) is 19.4 Å². The minimum atomic E-state index is -0.0978. The van der Waals surface area contributed by atoms with E-state index >= 15 is 0 Å². The van der Waals surface area contributed by atoms with Gasteiger partial charge in [-0.2, -0.15) is 0 Å². The minimum Gasteiger partial charge on any atom is -0.342 e. The van der Waals surface area contributed by atoms with Crippen molar-refractivity contribution in [1.29, 1.82) is 0 Å². The quantitative estimate of drug-likeness (QED) is 0.845. The number of amides is 1. The number of carbonyl (C=O) groups excluding carboxylic acids is 1. The second-order valence-corrected chi connectivity index (χ2v) is 8.06. The van der Waals surface area contributed by atoms with E-state index in [-0.39, 0.29) is 17.5 Å². The van der Waals surface area contributed by atoms with Crippen LogP contribution in [0.4, 0.5) is 0 Å². The lowest BCUT2D eigenvalue weighted by Gasteiger charge is -2.38. The number of hydrogen-bond donors (Lipinski definition) is 1. The lowest BCUT2D eigenvalue weighted by Crippen LogP contribution is -2.51. The molecule has 1 N–H and O–H groups in total. The molecule has 1 aliphatic carbocycles. The van der Waals surface area contributed by atoms with Crippen molar-refractivity contribution in [2.75, 3.05) is 39.8 Å². The van der Waals surface area contributed by atoms with E-state index in [1.54, 1.807) is 0 Å². The molecule has 3 rings (SSSR count). The Balaban J connectivity index is 1.49. The van der Waals surface area contributed by atoms with Crippen molar-refractivity contribution in [3.63, 3.8) is 0 Å². The van der Waals surface area contributed by atoms with Crippen LogP contribution in [0.15, 0.2) is 10.9 Å². The van der Waals surface area contributed by atoms with E-state index in [0.29, 0.717) is 12.6 Å². The Labute approximate surface area is 161 Å². The van der Waals surface area contributed by atoms with Crippen molar-refractivity contribution >= 4 is 5.91 Å². The highest BCUT2D eigenvalue weighted by atomic mass is 16.2. The van der Waals surface area contributed by atoms with Crippen LogP contribution in [-0.2, 0) is 4.79 Å². The molecule has 1 saturated heterocycles. The Morgan fingerprint density at radius 3 is 2.56 bits per heavy atom. The molecule has 1 saturated carbocycles. The number of aryl methyl sites for hydroxylation is 1. The predicted octanol–water partition coefficient (Wildman–Crippen LogP) is 1.55. The van der Waals surface area contributed by atoms with Crippen molar-refractivity contribution in [2.45, 2.75) is 58.0 Å². The number of aromatic nitrogens is 2. The van der Waals surface area contributed by atoms with Crippen LogP contribution in [0.25, 0.3) is 0 Å². The largest absolute Gasteiger partial charge is 0.342 e. The maximum absolute atomic E-state index is 12.6. The molecule has 0 spiro atoms. The van der Waals surface area contributed by atoms with Gasteiger partial charge in [-0.15, -0.1) is 0 Å². The Morgan fingerprint density at radius 1 is 1.26 bits per heavy atom. The van der Waals surface area contributed by atoms with Crippen LogP contribution in [0.1, 0.15) is 56.6 Å². The highest BCUT2D eigenvalue weighted by molar-refractivity contribution is 5.78. The van der Waals surface area contributed by atoms with E-state index in [9.17, 15) is 9.59 Å². The van der Waals surface area contributed by atoms with E-state index in [2.05, 4.69) is 26.7 Å². The first-order valence-electron chi connectivity index (χ1n) is 10.2. The maximum Gasteiger partial charge on any atom is 0.251 e. The minimum absolute atomic E-state index is 0.0698. The van der Waals surface area contributed by atoms with Crippen LogP contribution in [0.3, 0.4) is 0 Å². The zero-order valence-electron chi connectivity index (χ0n) is 16.9. The van der Waals surface area contributed by atoms with Crippen molar-refractivity contribution < 1.29 is 4.79 Å². The van der Waals surface area contributed by atoms with E-state index in [0.717, 1.165) is 50.5 Å². The van der Waals surface area contributed by atoms with Crippen molar-refractivity contribution in [2.24, 2.45) is 0 Å². The van der Waals surface area contributed by atoms with Crippen LogP contribution in [0.2, 0.25) is 0 Å². The van der Waals surface area contributed by atoms with Gasteiger partial charge >= 0.3 is 0 Å². The standard InChI is InChI=1S/C20H33N5O2/c1-15-13-18(26)22-20(21-15)16(2)25-11-9-24(10-12-25)14-19(27)23(3)17-7-5-4-6-8-17/h13,16-17H,4-12,14H2,1-3H3,(H,21,22,26). The number of nitrogens with zero attached hydrogens (tertiary/aromatic N) is 4. The molecule has 1 aromatic rings. The Kier molecular flexibility index (Phi) is 6.65. The normalized spacial score (nSPS) is 21.1. The summed E-state index contributed by atoms with van der Waals surface area (Å²) in [6, 6.07) is 2.01. The molecule has 1 unspecified atom stereocenters. The molecule has 0 bridgehead atoms. The third kappa shape index (κ3) is 5.17. The topological polar surface area (TPSA) is 72.5 Å². The first-order chi connectivity index (χ1) is 12.9. The number of rotatable bonds is 5. The van der Waals surface area contributed by atoms with Gasteiger partial charge in [0.05, 0.1) is 12.6 Å². The van der Waals surface area contributed by atoms with Crippen LogP contribution >= 0.6 is 0 Å². The molecular weight excluding hydrogens is 342 g/mol. The first-order valence-corrected chi connectivity index (χ1v) is 10.2. The molecule has 2 heterocycles. The second-order valence-electron chi connectivity index (χ2n) is 8.06. The fourth-order valence-electron chi connectivity index (χ4n) is 4.26. The summed E-state index contributed by atoms with van der Waals surface area (Å²) in [5.41, 5.74) is 0.648. The van der Waals surface area contributed by atoms with Gasteiger partial charge in [-0.1, -0.05) is 19.3 Å². The number of hydrogen-bond acceptors (Lipinski definition) is 5. The van der Waals surface area contributed by atoms with Crippen molar-refractivity contribution in [1.82, 2.24) is 24.7 Å². The zero-order valence-corrected chi connectivity index (χ0v) is 16.9. The van der Waals surface area contributed by atoms with Gasteiger partial charge in [0.2, 0.25) is 5.91 Å². The summed E-state index contributed by atoms with van der Waals surface area (Å²) in [5.74, 6) is 0.967. The van der Waals surface area contributed by atoms with E-state index in [4.69, 9.17) is 0 Å². The molecule has 0 aromatic carbocycles. The van der Waals surface area contributed by atoms with Gasteiger partial charge in [0.25, 0.3) is 5.56 Å². The number of likely N-dealkylation sites (N-methyl/N-ethyl adjacent to an activating group) is 1. The zero-order chi connectivity index (χ0) is 19.4. The molecule has 1 aromatic heterocycles. The van der Waals surface area contributed by atoms with Gasteiger partial charge in [0.1, 0.15) is 5.82 Å². The SMILES string of the molecule is Cc1cc(=O)[nH]c(C(C)N2CCN(CC(=O)N(C)C3CCCCC3)CC2)n1. The molecule has 1 amide bonds. The van der Waals surface area contributed by atoms with Crippen LogP contribution in [0, 0.1) is 6.92 Å². The smallest absolute Gasteiger partial charge is 0.251 e. The summed E-state index contributed by atoms with van der Waals surface area (Å²) in [4.78, 5) is 38.2. The maximum atomic E-state index is 12.6. The fraction of sp³-hybridized carbons (Fsp3) is 0.750. The van der Waals surface area contributed by atoms with E-state index in [1.165, 1.54) is 25.3 Å². The summed E-state index contributed by atoms with van der Waals surface area (Å²) in [6.45, 7) is 7.91. The average molecular weight is 376 g/mol. The fourth-order valence-corrected chi connectivity index (χ4v) is 4.26. The lowest BCUT2D eigenvalue weighted by atomic mass is 9.94. The highest BCUT2D eigenvalue weighted by Gasteiger charge is 2.27. The average Bonchev–Trinajstić information content (AvgIpc) is 2.67. The van der Waals surface area contributed by atoms with E-state index < -0.39 is 0 Å². The van der Waals surface area contributed by atoms with Crippen LogP contribution in [0.5, 0.6) is 0 Å².